The average Bonchev–Trinajstić information content (AvgIpc) is 2.90. The van der Waals surface area contributed by atoms with Crippen molar-refractivity contribution in [3.63, 3.8) is 0 Å². The van der Waals surface area contributed by atoms with Gasteiger partial charge in [0.2, 0.25) is 11.8 Å². The fourth-order valence-corrected chi connectivity index (χ4v) is 5.00. The van der Waals surface area contributed by atoms with E-state index in [1.807, 2.05) is 86.6 Å². The van der Waals surface area contributed by atoms with Gasteiger partial charge in [-0.15, -0.1) is 0 Å². The number of hydrogen-bond donors (Lipinski definition) is 1. The van der Waals surface area contributed by atoms with Gasteiger partial charge in [0.15, 0.2) is 0 Å². The minimum Gasteiger partial charge on any atom is -0.352 e. The van der Waals surface area contributed by atoms with Crippen molar-refractivity contribution in [1.82, 2.24) is 10.2 Å². The van der Waals surface area contributed by atoms with Crippen LogP contribution in [-0.4, -0.2) is 34.6 Å². The molecule has 0 fully saturated rings. The maximum Gasteiger partial charge on any atom is 0.243 e. The Bertz CT molecular complexity index is 1080. The number of rotatable bonds is 13. The van der Waals surface area contributed by atoms with Crippen LogP contribution in [0.3, 0.4) is 0 Å². The molecular formula is C30H35BrN2O2S. The summed E-state index contributed by atoms with van der Waals surface area (Å²) in [7, 11) is 0. The van der Waals surface area contributed by atoms with Crippen LogP contribution in [0.15, 0.2) is 89.4 Å². The highest BCUT2D eigenvalue weighted by Gasteiger charge is 2.30. The highest BCUT2D eigenvalue weighted by Crippen LogP contribution is 2.20. The van der Waals surface area contributed by atoms with Crippen molar-refractivity contribution in [2.45, 2.75) is 57.5 Å². The van der Waals surface area contributed by atoms with Gasteiger partial charge >= 0.3 is 0 Å². The summed E-state index contributed by atoms with van der Waals surface area (Å²) in [6, 6.07) is 27.6. The van der Waals surface area contributed by atoms with Crippen LogP contribution < -0.4 is 5.32 Å². The first kappa shape index (κ1) is 28.0. The van der Waals surface area contributed by atoms with Crippen molar-refractivity contribution in [2.24, 2.45) is 0 Å². The average molecular weight is 568 g/mol. The Morgan fingerprint density at radius 1 is 0.889 bits per heavy atom. The Kier molecular flexibility index (Phi) is 11.6. The van der Waals surface area contributed by atoms with Crippen LogP contribution >= 0.6 is 27.7 Å². The fraction of sp³-hybridized carbons (Fsp3) is 0.333. The van der Waals surface area contributed by atoms with E-state index in [1.54, 1.807) is 16.7 Å². The van der Waals surface area contributed by atoms with Crippen LogP contribution in [0.1, 0.15) is 43.4 Å². The molecular weight excluding hydrogens is 532 g/mol. The van der Waals surface area contributed by atoms with Crippen LogP contribution in [-0.2, 0) is 28.3 Å². The molecule has 3 aromatic rings. The molecule has 3 aromatic carbocycles. The van der Waals surface area contributed by atoms with Gasteiger partial charge < -0.3 is 10.2 Å². The van der Waals surface area contributed by atoms with E-state index in [1.165, 1.54) is 5.56 Å². The van der Waals surface area contributed by atoms with Crippen molar-refractivity contribution in [3.8, 4) is 0 Å². The van der Waals surface area contributed by atoms with Crippen LogP contribution in [0.25, 0.3) is 0 Å². The number of benzene rings is 3. The summed E-state index contributed by atoms with van der Waals surface area (Å²) in [5, 5.41) is 3.12. The van der Waals surface area contributed by atoms with Gasteiger partial charge in [0.05, 0.1) is 0 Å². The Hall–Kier alpha value is -2.57. The molecule has 0 heterocycles. The van der Waals surface area contributed by atoms with E-state index < -0.39 is 6.04 Å². The van der Waals surface area contributed by atoms with Crippen molar-refractivity contribution in [1.29, 1.82) is 0 Å². The Balaban J connectivity index is 1.80. The first-order valence-electron chi connectivity index (χ1n) is 12.5. The molecule has 0 aromatic heterocycles. The van der Waals surface area contributed by atoms with Gasteiger partial charge in [-0.05, 0) is 42.2 Å². The molecule has 0 radical (unpaired) electrons. The molecule has 0 aliphatic heterocycles. The normalized spacial score (nSPS) is 12.5. The number of carbonyl (C=O) groups is 2. The maximum absolute atomic E-state index is 13.6. The third-order valence-electron chi connectivity index (χ3n) is 6.11. The first-order valence-corrected chi connectivity index (χ1v) is 14.4. The predicted molar refractivity (Wildman–Crippen MR) is 154 cm³/mol. The lowest BCUT2D eigenvalue weighted by atomic mass is 10.0. The summed E-state index contributed by atoms with van der Waals surface area (Å²) in [5.41, 5.74) is 3.28. The summed E-state index contributed by atoms with van der Waals surface area (Å²) < 4.78 is 0.983. The predicted octanol–water partition coefficient (Wildman–Crippen LogP) is 6.63. The van der Waals surface area contributed by atoms with Crippen molar-refractivity contribution >= 4 is 39.5 Å². The SMILES string of the molecule is CCC(C)NC(=O)C(Cc1ccccc1)N(Cc1ccc(Br)cc1)C(=O)CCSCc1ccccc1. The van der Waals surface area contributed by atoms with Crippen molar-refractivity contribution < 1.29 is 9.59 Å². The van der Waals surface area contributed by atoms with Crippen LogP contribution in [0.4, 0.5) is 0 Å². The molecule has 36 heavy (non-hydrogen) atoms. The van der Waals surface area contributed by atoms with E-state index >= 15 is 0 Å². The van der Waals surface area contributed by atoms with E-state index in [0.29, 0.717) is 25.1 Å². The molecule has 4 nitrogen and oxygen atoms in total. The number of carbonyl (C=O) groups excluding carboxylic acids is 2. The summed E-state index contributed by atoms with van der Waals surface area (Å²) in [6.07, 6.45) is 1.69. The highest BCUT2D eigenvalue weighted by molar-refractivity contribution is 9.10. The second-order valence-electron chi connectivity index (χ2n) is 8.96. The molecule has 2 amide bonds. The molecule has 0 aliphatic rings. The lowest BCUT2D eigenvalue weighted by Gasteiger charge is -2.32. The van der Waals surface area contributed by atoms with Crippen molar-refractivity contribution in [2.75, 3.05) is 5.75 Å². The van der Waals surface area contributed by atoms with E-state index in [9.17, 15) is 9.59 Å². The Morgan fingerprint density at radius 3 is 2.11 bits per heavy atom. The third kappa shape index (κ3) is 9.14. The number of hydrogen-bond acceptors (Lipinski definition) is 3. The maximum atomic E-state index is 13.6. The fourth-order valence-electron chi connectivity index (χ4n) is 3.85. The van der Waals surface area contributed by atoms with E-state index in [0.717, 1.165) is 27.8 Å². The standard InChI is InChI=1S/C30H35BrN2O2S/c1-3-23(2)32-30(35)28(20-24-10-6-4-7-11-24)33(21-25-14-16-27(31)17-15-25)29(34)18-19-36-22-26-12-8-5-9-13-26/h4-17,23,28H,3,18-22H2,1-2H3,(H,32,35). The van der Waals surface area contributed by atoms with Gasteiger partial charge in [0.25, 0.3) is 0 Å². The molecule has 0 spiro atoms. The Morgan fingerprint density at radius 2 is 1.50 bits per heavy atom. The highest BCUT2D eigenvalue weighted by atomic mass is 79.9. The minimum absolute atomic E-state index is 0.00119. The molecule has 2 unspecified atom stereocenters. The zero-order valence-corrected chi connectivity index (χ0v) is 23.4. The summed E-state index contributed by atoms with van der Waals surface area (Å²) in [5.74, 6) is 1.47. The van der Waals surface area contributed by atoms with Gasteiger partial charge in [-0.2, -0.15) is 11.8 Å². The largest absolute Gasteiger partial charge is 0.352 e. The third-order valence-corrected chi connectivity index (χ3v) is 7.67. The summed E-state index contributed by atoms with van der Waals surface area (Å²) in [4.78, 5) is 28.9. The summed E-state index contributed by atoms with van der Waals surface area (Å²) >= 11 is 5.23. The molecule has 2 atom stereocenters. The molecule has 3 rings (SSSR count). The lowest BCUT2D eigenvalue weighted by Crippen LogP contribution is -2.52. The Labute approximate surface area is 228 Å². The summed E-state index contributed by atoms with van der Waals surface area (Å²) in [6.45, 7) is 4.44. The molecule has 0 saturated carbocycles. The van der Waals surface area contributed by atoms with Crippen molar-refractivity contribution in [3.05, 3.63) is 106 Å². The second-order valence-corrected chi connectivity index (χ2v) is 11.0. The van der Waals surface area contributed by atoms with Gasteiger partial charge in [-0.25, -0.2) is 0 Å². The monoisotopic (exact) mass is 566 g/mol. The number of thioether (sulfide) groups is 1. The van der Waals surface area contributed by atoms with Crippen LogP contribution in [0, 0.1) is 0 Å². The zero-order chi connectivity index (χ0) is 25.8. The minimum atomic E-state index is -0.586. The van der Waals surface area contributed by atoms with Gasteiger partial charge in [0, 0.05) is 41.4 Å². The van der Waals surface area contributed by atoms with E-state index in [-0.39, 0.29) is 17.9 Å². The number of nitrogens with zero attached hydrogens (tertiary/aromatic N) is 1. The zero-order valence-electron chi connectivity index (χ0n) is 21.0. The smallest absolute Gasteiger partial charge is 0.243 e. The van der Waals surface area contributed by atoms with E-state index in [4.69, 9.17) is 0 Å². The number of amides is 2. The van der Waals surface area contributed by atoms with E-state index in [2.05, 4.69) is 33.4 Å². The molecule has 1 N–H and O–H groups in total. The molecule has 190 valence electrons. The van der Waals surface area contributed by atoms with Gasteiger partial charge in [-0.3, -0.25) is 9.59 Å². The molecule has 0 aliphatic carbocycles. The van der Waals surface area contributed by atoms with Crippen LogP contribution in [0.5, 0.6) is 0 Å². The first-order chi connectivity index (χ1) is 17.5. The molecule has 0 bridgehead atoms. The topological polar surface area (TPSA) is 49.4 Å². The number of nitrogens with one attached hydrogen (secondary N) is 1. The number of halogens is 1. The van der Waals surface area contributed by atoms with Gasteiger partial charge in [-0.1, -0.05) is 95.7 Å². The molecule has 0 saturated heterocycles. The quantitative estimate of drug-likeness (QED) is 0.236. The van der Waals surface area contributed by atoms with Gasteiger partial charge in [0.1, 0.15) is 6.04 Å². The second kappa shape index (κ2) is 14.9. The van der Waals surface area contributed by atoms with Crippen LogP contribution in [0.2, 0.25) is 0 Å². The molecule has 6 heteroatoms. The lowest BCUT2D eigenvalue weighted by molar-refractivity contribution is -0.141.